The van der Waals surface area contributed by atoms with Gasteiger partial charge in [0.2, 0.25) is 21.2 Å². The largest absolute Gasteiger partial charge is 0.482 e. The summed E-state index contributed by atoms with van der Waals surface area (Å²) in [5.74, 6) is -0.902. The second-order valence-corrected chi connectivity index (χ2v) is 7.33. The van der Waals surface area contributed by atoms with Crippen LogP contribution in [0.4, 0.5) is 5.69 Å². The van der Waals surface area contributed by atoms with Crippen LogP contribution in [0.25, 0.3) is 0 Å². The van der Waals surface area contributed by atoms with Gasteiger partial charge in [0.1, 0.15) is 12.9 Å². The van der Waals surface area contributed by atoms with Crippen LogP contribution >= 0.6 is 0 Å². The van der Waals surface area contributed by atoms with Crippen LogP contribution in [0.5, 0.6) is 5.75 Å². The molecule has 2 aromatic carbocycles. The first-order chi connectivity index (χ1) is 13.3. The maximum Gasteiger partial charge on any atom is 0.291 e. The maximum atomic E-state index is 12.2. The molecule has 0 unspecified atom stereocenters. The summed E-state index contributed by atoms with van der Waals surface area (Å²) >= 11 is 0. The predicted molar refractivity (Wildman–Crippen MR) is 102 cm³/mol. The van der Waals surface area contributed by atoms with E-state index in [1.165, 1.54) is 24.3 Å². The molecule has 0 aliphatic carbocycles. The molecule has 28 heavy (non-hydrogen) atoms. The van der Waals surface area contributed by atoms with Crippen molar-refractivity contribution in [2.45, 2.75) is 11.5 Å². The van der Waals surface area contributed by atoms with Crippen molar-refractivity contribution in [1.82, 2.24) is 0 Å². The molecule has 3 rings (SSSR count). The Hall–Kier alpha value is -3.43. The first kappa shape index (κ1) is 19.3. The molecule has 0 spiro atoms. The van der Waals surface area contributed by atoms with Gasteiger partial charge in [-0.2, -0.15) is 0 Å². The number of amides is 1. The molecule has 144 valence electrons. The second kappa shape index (κ2) is 8.07. The Morgan fingerprint density at radius 1 is 1.07 bits per heavy atom. The number of nitrogens with one attached hydrogen (secondary N) is 1. The van der Waals surface area contributed by atoms with E-state index in [0.29, 0.717) is 5.69 Å². The van der Waals surface area contributed by atoms with Crippen molar-refractivity contribution in [3.8, 4) is 5.75 Å². The fraction of sp³-hybridized carbons (Fsp3) is 0.0526. The van der Waals surface area contributed by atoms with Gasteiger partial charge in [0.25, 0.3) is 5.91 Å². The lowest BCUT2D eigenvalue weighted by molar-refractivity contribution is 0.0993. The van der Waals surface area contributed by atoms with Crippen molar-refractivity contribution < 1.29 is 22.4 Å². The summed E-state index contributed by atoms with van der Waals surface area (Å²) < 4.78 is 33.1. The smallest absolute Gasteiger partial charge is 0.291 e. The van der Waals surface area contributed by atoms with Gasteiger partial charge in [-0.3, -0.25) is 9.59 Å². The highest BCUT2D eigenvalue weighted by Gasteiger charge is 2.13. The molecular formula is C19H16N2O6S. The molecule has 0 radical (unpaired) electrons. The summed E-state index contributed by atoms with van der Waals surface area (Å²) in [7, 11) is -3.82. The van der Waals surface area contributed by atoms with Gasteiger partial charge in [-0.05, 0) is 29.8 Å². The molecule has 1 heterocycles. The molecule has 0 atom stereocenters. The van der Waals surface area contributed by atoms with Crippen molar-refractivity contribution in [2.24, 2.45) is 5.14 Å². The van der Waals surface area contributed by atoms with Gasteiger partial charge in [-0.1, -0.05) is 30.3 Å². The third-order valence-corrected chi connectivity index (χ3v) is 4.63. The Kier molecular flexibility index (Phi) is 5.57. The zero-order valence-electron chi connectivity index (χ0n) is 14.5. The number of anilines is 1. The minimum absolute atomic E-state index is 0.0158. The van der Waals surface area contributed by atoms with Gasteiger partial charge >= 0.3 is 0 Å². The zero-order valence-corrected chi connectivity index (χ0v) is 15.3. The Balaban J connectivity index is 1.67. The molecule has 3 aromatic rings. The van der Waals surface area contributed by atoms with Gasteiger partial charge in [-0.15, -0.1) is 0 Å². The average molecular weight is 400 g/mol. The lowest BCUT2D eigenvalue weighted by Gasteiger charge is -2.07. The van der Waals surface area contributed by atoms with Crippen LogP contribution in [0.1, 0.15) is 16.1 Å². The summed E-state index contributed by atoms with van der Waals surface area (Å²) in [6.45, 7) is 0.188. The first-order valence-electron chi connectivity index (χ1n) is 8.07. The van der Waals surface area contributed by atoms with Gasteiger partial charge in [0, 0.05) is 11.8 Å². The maximum absolute atomic E-state index is 12.2. The minimum Gasteiger partial charge on any atom is -0.482 e. The Bertz CT molecular complexity index is 1140. The number of sulfonamides is 1. The highest BCUT2D eigenvalue weighted by Crippen LogP contribution is 2.15. The van der Waals surface area contributed by atoms with Gasteiger partial charge in [-0.25, -0.2) is 13.6 Å². The van der Waals surface area contributed by atoms with E-state index >= 15 is 0 Å². The van der Waals surface area contributed by atoms with E-state index in [2.05, 4.69) is 5.32 Å². The molecule has 1 amide bonds. The number of rotatable bonds is 6. The van der Waals surface area contributed by atoms with Crippen molar-refractivity contribution in [3.05, 3.63) is 88.5 Å². The molecule has 0 saturated heterocycles. The van der Waals surface area contributed by atoms with Gasteiger partial charge in [0.15, 0.2) is 5.76 Å². The molecule has 9 heteroatoms. The summed E-state index contributed by atoms with van der Waals surface area (Å²) in [4.78, 5) is 24.3. The number of hydrogen-bond donors (Lipinski definition) is 2. The summed E-state index contributed by atoms with van der Waals surface area (Å²) in [6, 6.07) is 15.5. The highest BCUT2D eigenvalue weighted by atomic mass is 32.2. The van der Waals surface area contributed by atoms with E-state index in [1.807, 2.05) is 30.3 Å². The molecule has 0 fully saturated rings. The van der Waals surface area contributed by atoms with E-state index in [-0.39, 0.29) is 23.0 Å². The highest BCUT2D eigenvalue weighted by molar-refractivity contribution is 7.89. The summed E-state index contributed by atoms with van der Waals surface area (Å²) in [5.41, 5.74) is 0.688. The predicted octanol–water partition coefficient (Wildman–Crippen LogP) is 2.12. The van der Waals surface area contributed by atoms with Gasteiger partial charge < -0.3 is 14.5 Å². The third-order valence-electron chi connectivity index (χ3n) is 3.70. The van der Waals surface area contributed by atoms with E-state index in [0.717, 1.165) is 17.9 Å². The number of carbonyl (C=O) groups is 1. The molecule has 0 aliphatic rings. The molecule has 3 N–H and O–H groups in total. The van der Waals surface area contributed by atoms with Crippen LogP contribution in [-0.4, -0.2) is 14.3 Å². The second-order valence-electron chi connectivity index (χ2n) is 5.77. The van der Waals surface area contributed by atoms with Crippen LogP contribution < -0.4 is 20.6 Å². The van der Waals surface area contributed by atoms with Crippen LogP contribution in [-0.2, 0) is 16.6 Å². The number of nitrogens with two attached hydrogens (primary N) is 1. The summed E-state index contributed by atoms with van der Waals surface area (Å²) in [6.07, 6.45) is 1.07. The number of benzene rings is 2. The van der Waals surface area contributed by atoms with E-state index in [9.17, 15) is 18.0 Å². The molecule has 0 bridgehead atoms. The van der Waals surface area contributed by atoms with Crippen molar-refractivity contribution >= 4 is 21.6 Å². The Morgan fingerprint density at radius 2 is 1.75 bits per heavy atom. The number of primary sulfonamides is 1. The lowest BCUT2D eigenvalue weighted by Crippen LogP contribution is -2.16. The normalized spacial score (nSPS) is 11.0. The quantitative estimate of drug-likeness (QED) is 0.652. The first-order valence-corrected chi connectivity index (χ1v) is 9.61. The minimum atomic E-state index is -3.82. The fourth-order valence-electron chi connectivity index (χ4n) is 2.28. The molecule has 1 aromatic heterocycles. The van der Waals surface area contributed by atoms with Crippen molar-refractivity contribution in [1.29, 1.82) is 0 Å². The summed E-state index contributed by atoms with van der Waals surface area (Å²) in [5, 5.41) is 7.51. The number of ether oxygens (including phenoxy) is 1. The molecule has 0 aliphatic heterocycles. The molecule has 0 saturated carbocycles. The standard InChI is InChI=1S/C19H16N2O6S/c20-28(24,25)15-8-6-14(7-9-15)21-19(23)17-10-16(22)18(12-27-17)26-11-13-4-2-1-3-5-13/h1-10,12H,11H2,(H,21,23)(H2,20,24,25). The average Bonchev–Trinajstić information content (AvgIpc) is 2.67. The van der Waals surface area contributed by atoms with E-state index < -0.39 is 21.4 Å². The van der Waals surface area contributed by atoms with Crippen molar-refractivity contribution in [3.63, 3.8) is 0 Å². The van der Waals surface area contributed by atoms with Crippen LogP contribution in [0.15, 0.2) is 81.0 Å². The Morgan fingerprint density at radius 3 is 2.36 bits per heavy atom. The lowest BCUT2D eigenvalue weighted by atomic mass is 10.2. The number of hydrogen-bond acceptors (Lipinski definition) is 6. The third kappa shape index (κ3) is 4.84. The zero-order chi connectivity index (χ0) is 20.1. The van der Waals surface area contributed by atoms with Crippen molar-refractivity contribution in [2.75, 3.05) is 5.32 Å². The van der Waals surface area contributed by atoms with Crippen LogP contribution in [0.2, 0.25) is 0 Å². The topological polar surface area (TPSA) is 129 Å². The molecule has 8 nitrogen and oxygen atoms in total. The molecular weight excluding hydrogens is 384 g/mol. The monoisotopic (exact) mass is 400 g/mol. The Labute approximate surface area is 160 Å². The number of carbonyl (C=O) groups excluding carboxylic acids is 1. The van der Waals surface area contributed by atoms with Gasteiger partial charge in [0.05, 0.1) is 4.90 Å². The van der Waals surface area contributed by atoms with E-state index in [4.69, 9.17) is 14.3 Å². The van der Waals surface area contributed by atoms with Crippen LogP contribution in [0, 0.1) is 0 Å². The fourth-order valence-corrected chi connectivity index (χ4v) is 2.79. The van der Waals surface area contributed by atoms with E-state index in [1.54, 1.807) is 0 Å². The SMILES string of the molecule is NS(=O)(=O)c1ccc(NC(=O)c2cc(=O)c(OCc3ccccc3)co2)cc1. The van der Waals surface area contributed by atoms with Crippen LogP contribution in [0.3, 0.4) is 0 Å².